The normalized spacial score (nSPS) is 19.2. The first-order valence-corrected chi connectivity index (χ1v) is 11.9. The van der Waals surface area contributed by atoms with E-state index in [0.717, 1.165) is 12.1 Å². The summed E-state index contributed by atoms with van der Waals surface area (Å²) in [6.07, 6.45) is 0.676. The summed E-state index contributed by atoms with van der Waals surface area (Å²) in [5.74, 6) is -5.30. The van der Waals surface area contributed by atoms with Gasteiger partial charge in [-0.25, -0.2) is 17.6 Å². The third kappa shape index (κ3) is 5.83. The van der Waals surface area contributed by atoms with Crippen molar-refractivity contribution in [3.63, 3.8) is 0 Å². The number of benzene rings is 2. The molecule has 4 rings (SSSR count). The predicted molar refractivity (Wildman–Crippen MR) is 126 cm³/mol. The Morgan fingerprint density at radius 3 is 2.39 bits per heavy atom. The number of nitrogens with zero attached hydrogens (tertiary/aromatic N) is 2. The smallest absolute Gasteiger partial charge is 0.423 e. The van der Waals surface area contributed by atoms with Crippen molar-refractivity contribution in [1.29, 1.82) is 0 Å². The van der Waals surface area contributed by atoms with Crippen LogP contribution in [0.2, 0.25) is 0 Å². The number of alkyl halides is 3. The van der Waals surface area contributed by atoms with E-state index in [9.17, 15) is 23.2 Å². The number of aliphatic hydroxyl groups excluding tert-OH is 1. The van der Waals surface area contributed by atoms with Crippen LogP contribution in [0.1, 0.15) is 29.2 Å². The number of rotatable bonds is 10. The molecule has 196 valence electrons. The zero-order valence-corrected chi connectivity index (χ0v) is 19.6. The minimum Gasteiger partial charge on any atom is -0.423 e. The van der Waals surface area contributed by atoms with Crippen molar-refractivity contribution >= 4 is 18.3 Å². The first kappa shape index (κ1) is 26.8. The van der Waals surface area contributed by atoms with Crippen molar-refractivity contribution in [3.05, 3.63) is 58.7 Å². The van der Waals surface area contributed by atoms with Gasteiger partial charge in [0, 0.05) is 37.4 Å². The van der Waals surface area contributed by atoms with Gasteiger partial charge in [0.05, 0.1) is 25.3 Å². The first-order valence-electron chi connectivity index (χ1n) is 11.9. The van der Waals surface area contributed by atoms with E-state index in [4.69, 9.17) is 5.11 Å². The Balaban J connectivity index is 1.63. The molecule has 2 aromatic rings. The number of hydrogen-bond donors (Lipinski definition) is 4. The summed E-state index contributed by atoms with van der Waals surface area (Å²) >= 11 is 0. The molecule has 2 aliphatic heterocycles. The van der Waals surface area contributed by atoms with Crippen molar-refractivity contribution in [3.8, 4) is 0 Å². The van der Waals surface area contributed by atoms with Crippen LogP contribution in [0, 0.1) is 11.6 Å². The van der Waals surface area contributed by atoms with Gasteiger partial charge in [0.2, 0.25) is 0 Å². The molecule has 2 aliphatic rings. The van der Waals surface area contributed by atoms with Crippen molar-refractivity contribution in [2.24, 2.45) is 0 Å². The number of fused-ring (bicyclic) bond motifs is 1. The van der Waals surface area contributed by atoms with Gasteiger partial charge in [0.25, 0.3) is 5.92 Å². The van der Waals surface area contributed by atoms with Crippen molar-refractivity contribution in [2.45, 2.75) is 30.8 Å². The van der Waals surface area contributed by atoms with Gasteiger partial charge in [0.1, 0.15) is 18.2 Å². The zero-order chi connectivity index (χ0) is 26.0. The van der Waals surface area contributed by atoms with E-state index >= 15 is 8.78 Å². The van der Waals surface area contributed by atoms with Crippen LogP contribution in [0.4, 0.5) is 27.6 Å². The first-order chi connectivity index (χ1) is 17.1. The summed E-state index contributed by atoms with van der Waals surface area (Å²) in [5.41, 5.74) is 0.943. The quantitative estimate of drug-likeness (QED) is 0.286. The molecule has 0 aromatic heterocycles. The summed E-state index contributed by atoms with van der Waals surface area (Å²) in [4.78, 5) is 3.25. The molecule has 1 atom stereocenters. The molecule has 0 radical (unpaired) electrons. The maximum Gasteiger partial charge on any atom is 0.488 e. The highest BCUT2D eigenvalue weighted by Gasteiger charge is 2.40. The molecule has 0 bridgehead atoms. The van der Waals surface area contributed by atoms with Crippen LogP contribution >= 0.6 is 0 Å². The summed E-state index contributed by atoms with van der Waals surface area (Å²) in [6.45, 7) is -0.855. The Kier molecular flexibility index (Phi) is 8.20. The van der Waals surface area contributed by atoms with Crippen LogP contribution in [0.25, 0.3) is 0 Å². The number of anilines is 1. The lowest BCUT2D eigenvalue weighted by Crippen LogP contribution is -2.54. The fourth-order valence-corrected chi connectivity index (χ4v) is 5.01. The maximum atomic E-state index is 15.4. The number of likely N-dealkylation sites (tertiary alicyclic amines) is 1. The lowest BCUT2D eigenvalue weighted by Gasteiger charge is -2.40. The maximum absolute atomic E-state index is 15.4. The summed E-state index contributed by atoms with van der Waals surface area (Å²) in [7, 11) is -1.75. The highest BCUT2D eigenvalue weighted by Crippen LogP contribution is 2.39. The molecule has 2 heterocycles. The summed E-state index contributed by atoms with van der Waals surface area (Å²) in [5, 5.41) is 31.1. The molecule has 12 heteroatoms. The van der Waals surface area contributed by atoms with Crippen LogP contribution in [-0.4, -0.2) is 90.0 Å². The number of halogens is 5. The average Bonchev–Trinajstić information content (AvgIpc) is 2.80. The topological polar surface area (TPSA) is 79.2 Å². The molecule has 4 N–H and O–H groups in total. The minimum atomic E-state index is -3.48. The van der Waals surface area contributed by atoms with Gasteiger partial charge >= 0.3 is 7.12 Å². The lowest BCUT2D eigenvalue weighted by atomic mass is 9.76. The molecule has 1 unspecified atom stereocenters. The van der Waals surface area contributed by atoms with Crippen molar-refractivity contribution in [2.75, 3.05) is 51.3 Å². The van der Waals surface area contributed by atoms with Crippen molar-refractivity contribution < 1.29 is 37.1 Å². The summed E-state index contributed by atoms with van der Waals surface area (Å²) in [6, 6.07) is 5.34. The number of aliphatic hydroxyl groups is 1. The molecule has 0 amide bonds. The van der Waals surface area contributed by atoms with Crippen LogP contribution in [0.3, 0.4) is 0 Å². The lowest BCUT2D eigenvalue weighted by molar-refractivity contribution is -0.0790. The highest BCUT2D eigenvalue weighted by atomic mass is 19.3. The Bertz CT molecular complexity index is 1050. The Morgan fingerprint density at radius 1 is 1.08 bits per heavy atom. The number of hydrogen-bond acceptors (Lipinski definition) is 6. The van der Waals surface area contributed by atoms with E-state index in [1.165, 1.54) is 23.1 Å². The summed E-state index contributed by atoms with van der Waals surface area (Å²) < 4.78 is 71.5. The Morgan fingerprint density at radius 2 is 1.78 bits per heavy atom. The Labute approximate surface area is 206 Å². The van der Waals surface area contributed by atoms with Gasteiger partial charge in [-0.15, -0.1) is 0 Å². The SMILES string of the molecule is OCC(F)(F)CN1CCc2cc(B(O)O)ccc2C1c1c(F)cc(NC2CN(CCCF)C2)cc1F. The molecular formula is C24H29BF5N3O3. The molecular weight excluding hydrogens is 484 g/mol. The van der Waals surface area contributed by atoms with Gasteiger partial charge in [-0.3, -0.25) is 14.2 Å². The molecule has 0 aliphatic carbocycles. The monoisotopic (exact) mass is 513 g/mol. The Hall–Kier alpha value is -2.25. The van der Waals surface area contributed by atoms with E-state index in [2.05, 4.69) is 5.32 Å². The third-order valence-corrected chi connectivity index (χ3v) is 6.75. The van der Waals surface area contributed by atoms with Crippen LogP contribution in [0.5, 0.6) is 0 Å². The molecule has 1 fully saturated rings. The largest absolute Gasteiger partial charge is 0.488 e. The van der Waals surface area contributed by atoms with Gasteiger partial charge in [-0.2, -0.15) is 0 Å². The highest BCUT2D eigenvalue weighted by molar-refractivity contribution is 6.58. The van der Waals surface area contributed by atoms with Gasteiger partial charge in [-0.05, 0) is 41.6 Å². The van der Waals surface area contributed by atoms with Crippen LogP contribution in [0.15, 0.2) is 30.3 Å². The van der Waals surface area contributed by atoms with Gasteiger partial charge in [0.15, 0.2) is 0 Å². The zero-order valence-electron chi connectivity index (χ0n) is 19.6. The molecule has 2 aromatic carbocycles. The van der Waals surface area contributed by atoms with Gasteiger partial charge < -0.3 is 20.5 Å². The fourth-order valence-electron chi connectivity index (χ4n) is 5.01. The van der Waals surface area contributed by atoms with Crippen molar-refractivity contribution in [1.82, 2.24) is 9.80 Å². The van der Waals surface area contributed by atoms with Crippen LogP contribution < -0.4 is 10.8 Å². The van der Waals surface area contributed by atoms with E-state index in [-0.39, 0.29) is 30.2 Å². The van der Waals surface area contributed by atoms with E-state index in [1.54, 1.807) is 0 Å². The van der Waals surface area contributed by atoms with E-state index in [0.29, 0.717) is 37.2 Å². The fraction of sp³-hybridized carbons (Fsp3) is 0.500. The molecule has 0 saturated carbocycles. The second-order valence-electron chi connectivity index (χ2n) is 9.47. The van der Waals surface area contributed by atoms with Crippen LogP contribution in [-0.2, 0) is 6.42 Å². The van der Waals surface area contributed by atoms with E-state index in [1.807, 2.05) is 4.90 Å². The molecule has 6 nitrogen and oxygen atoms in total. The van der Waals surface area contributed by atoms with E-state index < -0.39 is 56.1 Å². The predicted octanol–water partition coefficient (Wildman–Crippen LogP) is 1.68. The second-order valence-corrected chi connectivity index (χ2v) is 9.47. The molecule has 36 heavy (non-hydrogen) atoms. The van der Waals surface area contributed by atoms with Gasteiger partial charge in [-0.1, -0.05) is 18.2 Å². The standard InChI is InChI=1S/C24H29BF5N3O3/c26-5-1-6-32-11-18(12-32)31-17-9-20(27)22(21(28)10-17)23-19-3-2-16(25(35)36)8-15(19)4-7-33(23)13-24(29,30)14-34/h2-3,8-10,18,23,31,34-36H,1,4-7,11-14H2. The minimum absolute atomic E-state index is 0.0217. The molecule has 1 saturated heterocycles. The number of nitrogens with one attached hydrogen (secondary N) is 1. The second kappa shape index (κ2) is 11.0. The third-order valence-electron chi connectivity index (χ3n) is 6.75. The average molecular weight is 513 g/mol. The molecule has 0 spiro atoms.